The minimum atomic E-state index is 0.408. The maximum absolute atomic E-state index is 5.83. The van der Waals surface area contributed by atoms with Crippen LogP contribution in [0.3, 0.4) is 0 Å². The highest BCUT2D eigenvalue weighted by Crippen LogP contribution is 2.41. The van der Waals surface area contributed by atoms with Crippen molar-refractivity contribution < 1.29 is 18.6 Å². The van der Waals surface area contributed by atoms with Crippen molar-refractivity contribution >= 4 is 11.8 Å². The van der Waals surface area contributed by atoms with Crippen LogP contribution in [-0.4, -0.2) is 31.5 Å². The second kappa shape index (κ2) is 8.35. The minimum absolute atomic E-state index is 0.408. The molecule has 1 aromatic heterocycles. The molecule has 0 bridgehead atoms. The Hall–Kier alpha value is -2.67. The lowest BCUT2D eigenvalue weighted by atomic mass is 10.2. The number of methoxy groups -OCH3 is 3. The van der Waals surface area contributed by atoms with E-state index >= 15 is 0 Å². The molecule has 0 fully saturated rings. The van der Waals surface area contributed by atoms with Crippen LogP contribution < -0.4 is 14.2 Å². The topological polar surface area (TPSA) is 66.6 Å². The average Bonchev–Trinajstić information content (AvgIpc) is 3.15. The molecule has 1 heterocycles. The quantitative estimate of drug-likeness (QED) is 0.547. The third kappa shape index (κ3) is 4.19. The highest BCUT2D eigenvalue weighted by molar-refractivity contribution is 7.98. The number of benzene rings is 2. The van der Waals surface area contributed by atoms with Crippen LogP contribution in [-0.2, 0) is 5.75 Å². The molecule has 3 rings (SSSR count). The number of aryl methyl sites for hydroxylation is 2. The highest BCUT2D eigenvalue weighted by Gasteiger charge is 2.17. The van der Waals surface area contributed by atoms with Crippen molar-refractivity contribution in [2.24, 2.45) is 0 Å². The van der Waals surface area contributed by atoms with Gasteiger partial charge in [-0.25, -0.2) is 0 Å². The van der Waals surface area contributed by atoms with E-state index in [1.165, 1.54) is 16.0 Å². The second-order valence-electron chi connectivity index (χ2n) is 5.97. The zero-order valence-electron chi connectivity index (χ0n) is 16.0. The zero-order chi connectivity index (χ0) is 19.4. The Bertz CT molecular complexity index is 914. The summed E-state index contributed by atoms with van der Waals surface area (Å²) in [7, 11) is 4.71. The Morgan fingerprint density at radius 2 is 1.63 bits per heavy atom. The van der Waals surface area contributed by atoms with Gasteiger partial charge in [-0.15, -0.1) is 22.0 Å². The SMILES string of the molecule is COc1cc(-c2nnc(CSc3ccc(C)cc3C)o2)cc(OC)c1OC. The molecule has 6 nitrogen and oxygen atoms in total. The van der Waals surface area contributed by atoms with Crippen molar-refractivity contribution in [3.8, 4) is 28.7 Å². The Kier molecular flexibility index (Phi) is 5.91. The molecule has 0 aliphatic carbocycles. The summed E-state index contributed by atoms with van der Waals surface area (Å²) >= 11 is 1.67. The molecule has 7 heteroatoms. The van der Waals surface area contributed by atoms with E-state index in [1.54, 1.807) is 45.2 Å². The molecule has 0 saturated carbocycles. The fourth-order valence-corrected chi connectivity index (χ4v) is 3.58. The number of thioether (sulfide) groups is 1. The predicted octanol–water partition coefficient (Wildman–Crippen LogP) is 4.67. The monoisotopic (exact) mass is 386 g/mol. The van der Waals surface area contributed by atoms with Gasteiger partial charge in [0.1, 0.15) is 0 Å². The first-order valence-electron chi connectivity index (χ1n) is 8.38. The summed E-state index contributed by atoms with van der Waals surface area (Å²) in [6.07, 6.45) is 0. The van der Waals surface area contributed by atoms with Gasteiger partial charge in [-0.2, -0.15) is 0 Å². The summed E-state index contributed by atoms with van der Waals surface area (Å²) < 4.78 is 21.9. The largest absolute Gasteiger partial charge is 0.493 e. The molecule has 0 aliphatic rings. The fraction of sp³-hybridized carbons (Fsp3) is 0.300. The van der Waals surface area contributed by atoms with Gasteiger partial charge in [-0.1, -0.05) is 17.7 Å². The molecule has 0 N–H and O–H groups in total. The highest BCUT2D eigenvalue weighted by atomic mass is 32.2. The zero-order valence-corrected chi connectivity index (χ0v) is 16.8. The Morgan fingerprint density at radius 1 is 0.926 bits per heavy atom. The van der Waals surface area contributed by atoms with Gasteiger partial charge in [0.2, 0.25) is 17.5 Å². The van der Waals surface area contributed by atoms with Crippen molar-refractivity contribution in [3.63, 3.8) is 0 Å². The van der Waals surface area contributed by atoms with Gasteiger partial charge < -0.3 is 18.6 Å². The number of hydrogen-bond donors (Lipinski definition) is 0. The minimum Gasteiger partial charge on any atom is -0.493 e. The van der Waals surface area contributed by atoms with Crippen molar-refractivity contribution in [2.45, 2.75) is 24.5 Å². The Morgan fingerprint density at radius 3 is 2.22 bits per heavy atom. The second-order valence-corrected chi connectivity index (χ2v) is 6.99. The van der Waals surface area contributed by atoms with E-state index in [-0.39, 0.29) is 0 Å². The van der Waals surface area contributed by atoms with Crippen LogP contribution >= 0.6 is 11.8 Å². The van der Waals surface area contributed by atoms with Gasteiger partial charge in [0.15, 0.2) is 11.5 Å². The lowest BCUT2D eigenvalue weighted by molar-refractivity contribution is 0.324. The Labute approximate surface area is 162 Å². The molecule has 2 aromatic carbocycles. The Balaban J connectivity index is 1.81. The van der Waals surface area contributed by atoms with E-state index in [2.05, 4.69) is 42.2 Å². The predicted molar refractivity (Wildman–Crippen MR) is 105 cm³/mol. The van der Waals surface area contributed by atoms with Crippen LogP contribution in [0.4, 0.5) is 0 Å². The van der Waals surface area contributed by atoms with Gasteiger partial charge in [0.05, 0.1) is 27.1 Å². The maximum Gasteiger partial charge on any atom is 0.248 e. The lowest BCUT2D eigenvalue weighted by Gasteiger charge is -2.12. The molecule has 0 amide bonds. The molecule has 0 aliphatic heterocycles. The summed E-state index contributed by atoms with van der Waals surface area (Å²) in [4.78, 5) is 1.20. The van der Waals surface area contributed by atoms with Crippen molar-refractivity contribution in [2.75, 3.05) is 21.3 Å². The van der Waals surface area contributed by atoms with Crippen LogP contribution in [0.2, 0.25) is 0 Å². The van der Waals surface area contributed by atoms with E-state index in [9.17, 15) is 0 Å². The van der Waals surface area contributed by atoms with E-state index in [4.69, 9.17) is 18.6 Å². The number of ether oxygens (including phenoxy) is 3. The van der Waals surface area contributed by atoms with E-state index in [1.807, 2.05) is 0 Å². The lowest BCUT2D eigenvalue weighted by Crippen LogP contribution is -1.95. The van der Waals surface area contributed by atoms with Gasteiger partial charge in [0.25, 0.3) is 0 Å². The standard InChI is InChI=1S/C20H22N2O4S/c1-12-6-7-17(13(2)8-12)27-11-18-21-22-20(26-18)14-9-15(23-3)19(25-5)16(10-14)24-4/h6-10H,11H2,1-5H3. The molecule has 0 spiro atoms. The maximum atomic E-state index is 5.83. The average molecular weight is 386 g/mol. The van der Waals surface area contributed by atoms with Crippen LogP contribution in [0.1, 0.15) is 17.0 Å². The number of aromatic nitrogens is 2. The first kappa shape index (κ1) is 19.1. The van der Waals surface area contributed by atoms with Gasteiger partial charge >= 0.3 is 0 Å². The van der Waals surface area contributed by atoms with Crippen LogP contribution in [0, 0.1) is 13.8 Å². The first-order chi connectivity index (χ1) is 13.0. The number of nitrogens with zero attached hydrogens (tertiary/aromatic N) is 2. The molecule has 0 unspecified atom stereocenters. The number of rotatable bonds is 7. The molecular weight excluding hydrogens is 364 g/mol. The van der Waals surface area contributed by atoms with Gasteiger partial charge in [-0.3, -0.25) is 0 Å². The van der Waals surface area contributed by atoms with E-state index in [0.717, 1.165) is 0 Å². The van der Waals surface area contributed by atoms with Crippen molar-refractivity contribution in [1.29, 1.82) is 0 Å². The molecule has 0 atom stereocenters. The van der Waals surface area contributed by atoms with Gasteiger partial charge in [0, 0.05) is 10.5 Å². The van der Waals surface area contributed by atoms with E-state index in [0.29, 0.717) is 40.3 Å². The molecule has 3 aromatic rings. The third-order valence-corrected chi connectivity index (χ3v) is 5.22. The van der Waals surface area contributed by atoms with Gasteiger partial charge in [-0.05, 0) is 37.6 Å². The van der Waals surface area contributed by atoms with Crippen LogP contribution in [0.25, 0.3) is 11.5 Å². The van der Waals surface area contributed by atoms with Crippen molar-refractivity contribution in [1.82, 2.24) is 10.2 Å². The number of hydrogen-bond acceptors (Lipinski definition) is 7. The molecule has 0 radical (unpaired) electrons. The first-order valence-corrected chi connectivity index (χ1v) is 9.37. The molecule has 27 heavy (non-hydrogen) atoms. The van der Waals surface area contributed by atoms with Crippen molar-refractivity contribution in [3.05, 3.63) is 47.3 Å². The molecular formula is C20H22N2O4S. The smallest absolute Gasteiger partial charge is 0.248 e. The normalized spacial score (nSPS) is 10.7. The van der Waals surface area contributed by atoms with Crippen LogP contribution in [0.15, 0.2) is 39.6 Å². The molecule has 0 saturated heterocycles. The summed E-state index contributed by atoms with van der Waals surface area (Å²) in [5.41, 5.74) is 3.20. The summed E-state index contributed by atoms with van der Waals surface area (Å²) in [5.74, 6) is 3.16. The van der Waals surface area contributed by atoms with E-state index < -0.39 is 0 Å². The molecule has 142 valence electrons. The fourth-order valence-electron chi connectivity index (χ4n) is 2.73. The summed E-state index contributed by atoms with van der Waals surface area (Å²) in [6.45, 7) is 4.19. The summed E-state index contributed by atoms with van der Waals surface area (Å²) in [6, 6.07) is 9.96. The summed E-state index contributed by atoms with van der Waals surface area (Å²) in [5, 5.41) is 8.32. The van der Waals surface area contributed by atoms with Crippen LogP contribution in [0.5, 0.6) is 17.2 Å². The third-order valence-electron chi connectivity index (χ3n) is 4.06.